The van der Waals surface area contributed by atoms with Crippen LogP contribution in [-0.4, -0.2) is 9.97 Å². The molecular formula is C44H30N2O. The van der Waals surface area contributed by atoms with Gasteiger partial charge in [-0.15, -0.1) is 0 Å². The number of benzene rings is 6. The molecule has 1 aromatic heterocycles. The van der Waals surface area contributed by atoms with E-state index in [0.29, 0.717) is 5.82 Å². The van der Waals surface area contributed by atoms with Crippen LogP contribution in [0, 0.1) is 0 Å². The average Bonchev–Trinajstić information content (AvgIpc) is 3.54. The van der Waals surface area contributed by atoms with Crippen molar-refractivity contribution in [1.29, 1.82) is 0 Å². The first kappa shape index (κ1) is 27.3. The SMILES string of the molecule is C1=CC(c2ccc(-c3nc(-c4ccccc4)cc(-c4ccc(-c5ccccc5)cc4)n3)c3ccccc23)C2C(=C1)Oc1ccccc12. The zero-order chi connectivity index (χ0) is 31.2. The van der Waals surface area contributed by atoms with Crippen LogP contribution in [-0.2, 0) is 0 Å². The summed E-state index contributed by atoms with van der Waals surface area (Å²) in [5, 5.41) is 2.34. The van der Waals surface area contributed by atoms with E-state index in [0.717, 1.165) is 45.0 Å². The third kappa shape index (κ3) is 4.84. The molecule has 0 fully saturated rings. The van der Waals surface area contributed by atoms with Gasteiger partial charge in [0.15, 0.2) is 5.82 Å². The number of hydrogen-bond acceptors (Lipinski definition) is 3. The van der Waals surface area contributed by atoms with E-state index >= 15 is 0 Å². The van der Waals surface area contributed by atoms with Gasteiger partial charge in [0.25, 0.3) is 0 Å². The van der Waals surface area contributed by atoms with Gasteiger partial charge in [-0.05, 0) is 45.7 Å². The molecule has 2 heterocycles. The van der Waals surface area contributed by atoms with E-state index < -0.39 is 0 Å². The summed E-state index contributed by atoms with van der Waals surface area (Å²) in [4.78, 5) is 10.4. The van der Waals surface area contributed by atoms with Gasteiger partial charge in [0.05, 0.1) is 17.3 Å². The molecule has 47 heavy (non-hydrogen) atoms. The van der Waals surface area contributed by atoms with E-state index in [1.54, 1.807) is 0 Å². The molecule has 0 N–H and O–H groups in total. The zero-order valence-electron chi connectivity index (χ0n) is 25.6. The highest BCUT2D eigenvalue weighted by Crippen LogP contribution is 2.51. The molecule has 3 heteroatoms. The molecule has 9 rings (SSSR count). The summed E-state index contributed by atoms with van der Waals surface area (Å²) in [6, 6.07) is 53.1. The first-order valence-electron chi connectivity index (χ1n) is 16.1. The Morgan fingerprint density at radius 2 is 1.09 bits per heavy atom. The van der Waals surface area contributed by atoms with Gasteiger partial charge < -0.3 is 4.74 Å². The van der Waals surface area contributed by atoms with Crippen LogP contribution in [0.25, 0.3) is 55.8 Å². The highest BCUT2D eigenvalue weighted by atomic mass is 16.5. The molecule has 6 aromatic carbocycles. The van der Waals surface area contributed by atoms with E-state index in [1.165, 1.54) is 27.6 Å². The van der Waals surface area contributed by atoms with E-state index in [2.05, 4.69) is 152 Å². The fraction of sp³-hybridized carbons (Fsp3) is 0.0455. The summed E-state index contributed by atoms with van der Waals surface area (Å²) in [5.74, 6) is 2.97. The van der Waals surface area contributed by atoms with Crippen LogP contribution in [0.5, 0.6) is 5.75 Å². The number of nitrogens with zero attached hydrogens (tertiary/aromatic N) is 2. The minimum Gasteiger partial charge on any atom is -0.461 e. The Bertz CT molecular complexity index is 2320. The highest BCUT2D eigenvalue weighted by Gasteiger charge is 2.37. The summed E-state index contributed by atoms with van der Waals surface area (Å²) in [6.45, 7) is 0. The largest absolute Gasteiger partial charge is 0.461 e. The molecule has 0 spiro atoms. The van der Waals surface area contributed by atoms with Crippen molar-refractivity contribution < 1.29 is 4.74 Å². The molecule has 1 aliphatic carbocycles. The minimum absolute atomic E-state index is 0.146. The smallest absolute Gasteiger partial charge is 0.161 e. The minimum atomic E-state index is 0.146. The number of rotatable bonds is 5. The second kappa shape index (κ2) is 11.4. The molecule has 0 radical (unpaired) electrons. The van der Waals surface area contributed by atoms with Gasteiger partial charge in [-0.25, -0.2) is 9.97 Å². The van der Waals surface area contributed by atoms with Gasteiger partial charge in [-0.2, -0.15) is 0 Å². The molecule has 3 nitrogen and oxygen atoms in total. The van der Waals surface area contributed by atoms with Gasteiger partial charge in [0.1, 0.15) is 11.5 Å². The molecule has 0 saturated carbocycles. The van der Waals surface area contributed by atoms with Crippen LogP contribution in [0.15, 0.2) is 176 Å². The average molecular weight is 603 g/mol. The fourth-order valence-corrected chi connectivity index (χ4v) is 7.09. The van der Waals surface area contributed by atoms with Crippen molar-refractivity contribution in [3.8, 4) is 50.8 Å². The third-order valence-electron chi connectivity index (χ3n) is 9.37. The number of fused-ring (bicyclic) bond motifs is 4. The molecule has 2 aliphatic rings. The van der Waals surface area contributed by atoms with Gasteiger partial charge >= 0.3 is 0 Å². The van der Waals surface area contributed by atoms with Crippen LogP contribution >= 0.6 is 0 Å². The Hall–Kier alpha value is -6.06. The summed E-state index contributed by atoms with van der Waals surface area (Å²) in [7, 11) is 0. The van der Waals surface area contributed by atoms with Crippen LogP contribution < -0.4 is 4.74 Å². The maximum atomic E-state index is 6.30. The van der Waals surface area contributed by atoms with Crippen LogP contribution in [0.1, 0.15) is 23.0 Å². The van der Waals surface area contributed by atoms with Gasteiger partial charge in [-0.3, -0.25) is 0 Å². The Morgan fingerprint density at radius 3 is 1.85 bits per heavy atom. The van der Waals surface area contributed by atoms with E-state index in [4.69, 9.17) is 14.7 Å². The fourth-order valence-electron chi connectivity index (χ4n) is 7.09. The summed E-state index contributed by atoms with van der Waals surface area (Å²) in [5.41, 5.74) is 9.81. The molecule has 0 bridgehead atoms. The Morgan fingerprint density at radius 1 is 0.489 bits per heavy atom. The number of aromatic nitrogens is 2. The van der Waals surface area contributed by atoms with E-state index in [9.17, 15) is 0 Å². The Kier molecular flexibility index (Phi) is 6.60. The lowest BCUT2D eigenvalue weighted by Gasteiger charge is -2.25. The number of para-hydroxylation sites is 1. The molecule has 0 saturated heterocycles. The van der Waals surface area contributed by atoms with Crippen molar-refractivity contribution in [2.45, 2.75) is 11.8 Å². The van der Waals surface area contributed by atoms with Gasteiger partial charge in [-0.1, -0.05) is 152 Å². The van der Waals surface area contributed by atoms with E-state index in [1.807, 2.05) is 18.2 Å². The molecule has 2 unspecified atom stereocenters. The van der Waals surface area contributed by atoms with Gasteiger partial charge in [0.2, 0.25) is 0 Å². The molecule has 222 valence electrons. The first-order valence-corrected chi connectivity index (χ1v) is 16.1. The molecule has 0 amide bonds. The van der Waals surface area contributed by atoms with Crippen molar-refractivity contribution in [3.63, 3.8) is 0 Å². The normalized spacial score (nSPS) is 16.3. The van der Waals surface area contributed by atoms with Crippen LogP contribution in [0.3, 0.4) is 0 Å². The number of hydrogen-bond donors (Lipinski definition) is 0. The molecule has 7 aromatic rings. The number of ether oxygens (including phenoxy) is 1. The predicted octanol–water partition coefficient (Wildman–Crippen LogP) is 11.0. The standard InChI is InChI=1S/C44H30N2O/c1-3-12-29(13-4-1)30-22-24-32(25-23-30)40-28-39(31-14-5-2-6-15-31)45-44(46-40)37-27-26-35(33-16-7-8-17-34(33)37)36-19-11-21-42-43(36)38-18-9-10-20-41(38)47-42/h1-28,36,43H. The lowest BCUT2D eigenvalue weighted by atomic mass is 9.77. The highest BCUT2D eigenvalue weighted by molar-refractivity contribution is 5.98. The van der Waals surface area contributed by atoms with Crippen molar-refractivity contribution in [2.75, 3.05) is 0 Å². The predicted molar refractivity (Wildman–Crippen MR) is 191 cm³/mol. The quantitative estimate of drug-likeness (QED) is 0.197. The maximum Gasteiger partial charge on any atom is 0.161 e. The lowest BCUT2D eigenvalue weighted by Crippen LogP contribution is -2.13. The molecule has 1 aliphatic heterocycles. The third-order valence-corrected chi connectivity index (χ3v) is 9.37. The molecule has 2 atom stereocenters. The van der Waals surface area contributed by atoms with Gasteiger partial charge in [0, 0.05) is 28.2 Å². The Labute approximate surface area is 274 Å². The van der Waals surface area contributed by atoms with Crippen molar-refractivity contribution in [3.05, 3.63) is 187 Å². The number of allylic oxidation sites excluding steroid dienone is 4. The second-order valence-corrected chi connectivity index (χ2v) is 12.1. The second-order valence-electron chi connectivity index (χ2n) is 12.1. The zero-order valence-corrected chi connectivity index (χ0v) is 25.6. The monoisotopic (exact) mass is 602 g/mol. The Balaban J connectivity index is 1.18. The van der Waals surface area contributed by atoms with Crippen molar-refractivity contribution >= 4 is 10.8 Å². The maximum absolute atomic E-state index is 6.30. The lowest BCUT2D eigenvalue weighted by molar-refractivity contribution is 0.417. The van der Waals surface area contributed by atoms with Crippen LogP contribution in [0.2, 0.25) is 0 Å². The van der Waals surface area contributed by atoms with Crippen molar-refractivity contribution in [2.24, 2.45) is 0 Å². The topological polar surface area (TPSA) is 35.0 Å². The summed E-state index contributed by atoms with van der Waals surface area (Å²) < 4.78 is 6.30. The summed E-state index contributed by atoms with van der Waals surface area (Å²) >= 11 is 0. The molecular weight excluding hydrogens is 572 g/mol. The van der Waals surface area contributed by atoms with Crippen LogP contribution in [0.4, 0.5) is 0 Å². The summed E-state index contributed by atoms with van der Waals surface area (Å²) in [6.07, 6.45) is 6.55. The van der Waals surface area contributed by atoms with Crippen molar-refractivity contribution in [1.82, 2.24) is 9.97 Å². The first-order chi connectivity index (χ1) is 23.3. The van der Waals surface area contributed by atoms with E-state index in [-0.39, 0.29) is 11.8 Å².